The third kappa shape index (κ3) is 5.09. The van der Waals surface area contributed by atoms with Crippen molar-refractivity contribution in [3.05, 3.63) is 82.6 Å². The topological polar surface area (TPSA) is 25.2 Å². The van der Waals surface area contributed by atoms with Crippen LogP contribution in [0.4, 0.5) is 0 Å². The van der Waals surface area contributed by atoms with Crippen molar-refractivity contribution in [2.45, 2.75) is 70.5 Å². The summed E-state index contributed by atoms with van der Waals surface area (Å²) >= 11 is 1.80. The number of aliphatic hydroxyl groups is 1. The molecule has 0 unspecified atom stereocenters. The van der Waals surface area contributed by atoms with Gasteiger partial charge in [-0.2, -0.15) is 0 Å². The van der Waals surface area contributed by atoms with Gasteiger partial charge < -0.3 is 9.67 Å². The molecule has 0 radical (unpaired) electrons. The van der Waals surface area contributed by atoms with E-state index in [2.05, 4.69) is 82.2 Å². The van der Waals surface area contributed by atoms with Crippen LogP contribution in [0.1, 0.15) is 54.6 Å². The first-order valence-corrected chi connectivity index (χ1v) is 10.7. The summed E-state index contributed by atoms with van der Waals surface area (Å²) in [5.74, 6) is 0.337. The maximum absolute atomic E-state index is 10.1. The van der Waals surface area contributed by atoms with Gasteiger partial charge in [-0.1, -0.05) is 62.6 Å². The largest absolute Gasteiger partial charge is 0.392 e. The van der Waals surface area contributed by atoms with Crippen LogP contribution in [0.5, 0.6) is 0 Å². The molecule has 1 aromatic heterocycles. The summed E-state index contributed by atoms with van der Waals surface area (Å²) in [6, 6.07) is 6.67. The second kappa shape index (κ2) is 9.99. The fourth-order valence-electron chi connectivity index (χ4n) is 3.69. The Morgan fingerprint density at radius 3 is 2.32 bits per heavy atom. The van der Waals surface area contributed by atoms with Gasteiger partial charge in [-0.25, -0.2) is 0 Å². The highest BCUT2D eigenvalue weighted by molar-refractivity contribution is 7.99. The van der Waals surface area contributed by atoms with Gasteiger partial charge in [0.25, 0.3) is 0 Å². The molecule has 0 aliphatic rings. The SMILES string of the molecule is C=C/C=C(\C=C/C)Cn1c(C)c(CO)c(C(C)C)c1Sc1cc(C)cc(C)c1. The van der Waals surface area contributed by atoms with Gasteiger partial charge in [0.15, 0.2) is 0 Å². The molecule has 0 atom stereocenters. The third-order valence-electron chi connectivity index (χ3n) is 4.84. The Balaban J connectivity index is 2.65. The van der Waals surface area contributed by atoms with Gasteiger partial charge in [0.2, 0.25) is 0 Å². The van der Waals surface area contributed by atoms with E-state index >= 15 is 0 Å². The molecule has 0 amide bonds. The normalized spacial score (nSPS) is 12.4. The first-order chi connectivity index (χ1) is 13.3. The number of rotatable bonds is 8. The van der Waals surface area contributed by atoms with E-state index in [4.69, 9.17) is 0 Å². The predicted molar refractivity (Wildman–Crippen MR) is 122 cm³/mol. The van der Waals surface area contributed by atoms with Crippen molar-refractivity contribution in [1.29, 1.82) is 0 Å². The van der Waals surface area contributed by atoms with Crippen molar-refractivity contribution >= 4 is 11.8 Å². The zero-order valence-electron chi connectivity index (χ0n) is 18.0. The quantitative estimate of drug-likeness (QED) is 0.493. The van der Waals surface area contributed by atoms with Crippen LogP contribution in [-0.4, -0.2) is 9.67 Å². The summed E-state index contributed by atoms with van der Waals surface area (Å²) in [5, 5.41) is 11.3. The Morgan fingerprint density at radius 1 is 1.18 bits per heavy atom. The van der Waals surface area contributed by atoms with Crippen molar-refractivity contribution in [3.63, 3.8) is 0 Å². The highest BCUT2D eigenvalue weighted by atomic mass is 32.2. The molecule has 0 aliphatic heterocycles. The molecule has 1 aromatic carbocycles. The van der Waals surface area contributed by atoms with E-state index in [9.17, 15) is 5.11 Å². The lowest BCUT2D eigenvalue weighted by atomic mass is 10.0. The number of nitrogens with zero attached hydrogens (tertiary/aromatic N) is 1. The van der Waals surface area contributed by atoms with Gasteiger partial charge in [0.1, 0.15) is 0 Å². The molecule has 28 heavy (non-hydrogen) atoms. The van der Waals surface area contributed by atoms with Gasteiger partial charge >= 0.3 is 0 Å². The third-order valence-corrected chi connectivity index (χ3v) is 5.95. The van der Waals surface area contributed by atoms with Gasteiger partial charge in [-0.05, 0) is 68.0 Å². The molecule has 3 heteroatoms. The summed E-state index contributed by atoms with van der Waals surface area (Å²) in [6.45, 7) is 17.5. The second-order valence-corrected chi connectivity index (χ2v) is 8.65. The molecule has 0 spiro atoms. The fraction of sp³-hybridized carbons (Fsp3) is 0.360. The van der Waals surface area contributed by atoms with Crippen LogP contribution in [0.3, 0.4) is 0 Å². The summed E-state index contributed by atoms with van der Waals surface area (Å²) in [5.41, 5.74) is 7.18. The summed E-state index contributed by atoms with van der Waals surface area (Å²) in [4.78, 5) is 1.24. The maximum Gasteiger partial charge on any atom is 0.0840 e. The Bertz CT molecular complexity index is 880. The van der Waals surface area contributed by atoms with E-state index in [0.29, 0.717) is 5.92 Å². The Morgan fingerprint density at radius 2 is 1.82 bits per heavy atom. The molecular weight excluding hydrogens is 362 g/mol. The molecule has 2 aromatic rings. The number of hydrogen-bond acceptors (Lipinski definition) is 2. The van der Waals surface area contributed by atoms with Crippen LogP contribution in [0, 0.1) is 20.8 Å². The number of aryl methyl sites for hydroxylation is 2. The minimum Gasteiger partial charge on any atom is -0.392 e. The molecule has 150 valence electrons. The van der Waals surface area contributed by atoms with E-state index in [1.54, 1.807) is 11.8 Å². The molecule has 1 heterocycles. The van der Waals surface area contributed by atoms with Crippen LogP contribution < -0.4 is 0 Å². The van der Waals surface area contributed by atoms with E-state index in [1.165, 1.54) is 32.2 Å². The molecular formula is C25H33NOS. The lowest BCUT2D eigenvalue weighted by Crippen LogP contribution is -2.04. The number of hydrogen-bond donors (Lipinski definition) is 1. The Hall–Kier alpha value is -1.97. The van der Waals surface area contributed by atoms with Crippen LogP contribution in [-0.2, 0) is 13.2 Å². The van der Waals surface area contributed by atoms with Crippen molar-refractivity contribution in [2.75, 3.05) is 0 Å². The standard InChI is InChI=1S/C25H33NOS/c1-8-10-21(11-9-2)15-26-20(7)23(16-27)24(17(3)4)25(26)28-22-13-18(5)12-19(6)14-22/h8-14,17,27H,1,15-16H2,2-7H3/b11-9-,21-10+. The predicted octanol–water partition coefficient (Wildman–Crippen LogP) is 6.87. The molecule has 0 saturated carbocycles. The first-order valence-electron chi connectivity index (χ1n) is 9.85. The summed E-state index contributed by atoms with van der Waals surface area (Å²) in [6.07, 6.45) is 8.07. The number of allylic oxidation sites excluding steroid dienone is 5. The average molecular weight is 396 g/mol. The monoisotopic (exact) mass is 395 g/mol. The maximum atomic E-state index is 10.1. The van der Waals surface area contributed by atoms with Crippen LogP contribution >= 0.6 is 11.8 Å². The number of aromatic nitrogens is 1. The molecule has 2 rings (SSSR count). The molecule has 0 saturated heterocycles. The lowest BCUT2D eigenvalue weighted by Gasteiger charge is -2.15. The average Bonchev–Trinajstić information content (AvgIpc) is 2.86. The lowest BCUT2D eigenvalue weighted by molar-refractivity contribution is 0.279. The molecule has 1 N–H and O–H groups in total. The van der Waals surface area contributed by atoms with Crippen molar-refractivity contribution < 1.29 is 5.11 Å². The van der Waals surface area contributed by atoms with E-state index in [-0.39, 0.29) is 6.61 Å². The minimum atomic E-state index is 0.0663. The smallest absolute Gasteiger partial charge is 0.0840 e. The van der Waals surface area contributed by atoms with E-state index in [1.807, 2.05) is 13.0 Å². The summed E-state index contributed by atoms with van der Waals surface area (Å²) in [7, 11) is 0. The highest BCUT2D eigenvalue weighted by Crippen LogP contribution is 2.40. The molecule has 0 aliphatic carbocycles. The fourth-order valence-corrected chi connectivity index (χ4v) is 5.19. The van der Waals surface area contributed by atoms with Gasteiger partial charge in [0.05, 0.1) is 11.6 Å². The molecule has 0 bridgehead atoms. The van der Waals surface area contributed by atoms with E-state index < -0.39 is 0 Å². The Kier molecular flexibility index (Phi) is 7.97. The van der Waals surface area contributed by atoms with Gasteiger partial charge in [-0.15, -0.1) is 0 Å². The molecule has 0 fully saturated rings. The molecule has 2 nitrogen and oxygen atoms in total. The first kappa shape index (κ1) is 22.3. The van der Waals surface area contributed by atoms with Crippen LogP contribution in [0.15, 0.2) is 64.6 Å². The zero-order valence-corrected chi connectivity index (χ0v) is 18.9. The minimum absolute atomic E-state index is 0.0663. The second-order valence-electron chi connectivity index (χ2n) is 7.58. The van der Waals surface area contributed by atoms with Crippen molar-refractivity contribution in [1.82, 2.24) is 4.57 Å². The summed E-state index contributed by atoms with van der Waals surface area (Å²) < 4.78 is 2.35. The van der Waals surface area contributed by atoms with Crippen LogP contribution in [0.2, 0.25) is 0 Å². The van der Waals surface area contributed by atoms with Crippen molar-refractivity contribution in [2.24, 2.45) is 0 Å². The van der Waals surface area contributed by atoms with Gasteiger partial charge in [-0.3, -0.25) is 0 Å². The van der Waals surface area contributed by atoms with E-state index in [0.717, 1.165) is 17.8 Å². The van der Waals surface area contributed by atoms with Gasteiger partial charge in [0, 0.05) is 22.7 Å². The highest BCUT2D eigenvalue weighted by Gasteiger charge is 2.23. The number of benzene rings is 1. The Labute approximate surface area is 174 Å². The zero-order chi connectivity index (χ0) is 20.8. The van der Waals surface area contributed by atoms with Crippen molar-refractivity contribution in [3.8, 4) is 0 Å². The number of aliphatic hydroxyl groups excluding tert-OH is 1. The van der Waals surface area contributed by atoms with Crippen LogP contribution in [0.25, 0.3) is 0 Å².